The van der Waals surface area contributed by atoms with E-state index in [1.54, 1.807) is 0 Å². The van der Waals surface area contributed by atoms with Crippen molar-refractivity contribution in [3.8, 4) is 16.8 Å². The van der Waals surface area contributed by atoms with E-state index in [2.05, 4.69) is 174 Å². The Labute approximate surface area is 303 Å². The second-order valence-corrected chi connectivity index (χ2v) is 16.8. The number of nitrogens with zero attached hydrogens (tertiary/aromatic N) is 2. The van der Waals surface area contributed by atoms with Crippen molar-refractivity contribution in [2.75, 3.05) is 0 Å². The molecule has 2 nitrogen and oxygen atoms in total. The minimum atomic E-state index is -0.0372. The zero-order valence-electron chi connectivity index (χ0n) is 31.8. The van der Waals surface area contributed by atoms with Crippen LogP contribution in [0.5, 0.6) is 0 Å². The van der Waals surface area contributed by atoms with Crippen molar-refractivity contribution >= 4 is 54.4 Å². The lowest BCUT2D eigenvalue weighted by atomic mass is 9.81. The molecule has 0 N–H and O–H groups in total. The van der Waals surface area contributed by atoms with E-state index in [1.807, 2.05) is 0 Å². The summed E-state index contributed by atoms with van der Waals surface area (Å²) >= 11 is 0. The molecule has 0 aliphatic heterocycles. The Morgan fingerprint density at radius 2 is 1.25 bits per heavy atom. The monoisotopic (exact) mass is 668 g/mol. The molecule has 8 aromatic rings. The van der Waals surface area contributed by atoms with Crippen LogP contribution in [0.3, 0.4) is 0 Å². The molecule has 0 bridgehead atoms. The van der Waals surface area contributed by atoms with E-state index in [9.17, 15) is 0 Å². The van der Waals surface area contributed by atoms with E-state index < -0.39 is 0 Å². The van der Waals surface area contributed by atoms with Crippen LogP contribution in [0, 0.1) is 6.92 Å². The maximum Gasteiger partial charge on any atom is 0.0547 e. The third kappa shape index (κ3) is 5.55. The van der Waals surface area contributed by atoms with Crippen molar-refractivity contribution < 1.29 is 0 Å². The van der Waals surface area contributed by atoms with Gasteiger partial charge in [-0.15, -0.1) is 0 Å². The van der Waals surface area contributed by atoms with Gasteiger partial charge < -0.3 is 9.13 Å². The molecular weight excluding hydrogens is 617 g/mol. The zero-order chi connectivity index (χ0) is 35.7. The Bertz CT molecular complexity index is 2590. The summed E-state index contributed by atoms with van der Waals surface area (Å²) in [6.07, 6.45) is 6.19. The Morgan fingerprint density at radius 3 is 2.02 bits per heavy atom. The van der Waals surface area contributed by atoms with Gasteiger partial charge in [-0.2, -0.15) is 0 Å². The molecule has 2 aromatic heterocycles. The highest BCUT2D eigenvalue weighted by Crippen LogP contribution is 2.44. The first kappa shape index (κ1) is 33.3. The summed E-state index contributed by atoms with van der Waals surface area (Å²) in [5, 5.41) is 7.86. The molecule has 8 rings (SSSR count). The van der Waals surface area contributed by atoms with Crippen LogP contribution in [0.25, 0.3) is 71.2 Å². The number of hydrogen-bond acceptors (Lipinski definition) is 0. The molecule has 258 valence electrons. The first-order valence-corrected chi connectivity index (χ1v) is 19.1. The molecule has 0 unspecified atom stereocenters. The average Bonchev–Trinajstić information content (AvgIpc) is 3.63. The number of para-hydroxylation sites is 1. The molecule has 0 fully saturated rings. The van der Waals surface area contributed by atoms with Crippen molar-refractivity contribution in [3.63, 3.8) is 0 Å². The van der Waals surface area contributed by atoms with E-state index >= 15 is 0 Å². The minimum Gasteiger partial charge on any atom is -0.335 e. The van der Waals surface area contributed by atoms with E-state index in [4.69, 9.17) is 0 Å². The van der Waals surface area contributed by atoms with Gasteiger partial charge in [-0.3, -0.25) is 0 Å². The van der Waals surface area contributed by atoms with Crippen LogP contribution in [0.2, 0.25) is 0 Å². The van der Waals surface area contributed by atoms with E-state index in [0.29, 0.717) is 0 Å². The van der Waals surface area contributed by atoms with Gasteiger partial charge in [-0.1, -0.05) is 120 Å². The van der Waals surface area contributed by atoms with Gasteiger partial charge in [0, 0.05) is 43.8 Å². The van der Waals surface area contributed by atoms with Gasteiger partial charge in [0.2, 0.25) is 0 Å². The first-order chi connectivity index (χ1) is 24.5. The summed E-state index contributed by atoms with van der Waals surface area (Å²) in [5.74, 6) is 0. The number of unbranched alkanes of at least 4 members (excludes halogenated alkanes) is 3. The molecule has 51 heavy (non-hydrogen) atoms. The van der Waals surface area contributed by atoms with Gasteiger partial charge >= 0.3 is 0 Å². The summed E-state index contributed by atoms with van der Waals surface area (Å²) in [5.41, 5.74) is 13.3. The number of aromatic nitrogens is 2. The van der Waals surface area contributed by atoms with Crippen LogP contribution in [0.15, 0.2) is 109 Å². The molecular formula is C49H52N2. The van der Waals surface area contributed by atoms with Crippen molar-refractivity contribution in [2.45, 2.75) is 98.4 Å². The maximum atomic E-state index is 2.57. The molecule has 0 spiro atoms. The second kappa shape index (κ2) is 12.4. The molecule has 0 radical (unpaired) electrons. The summed E-state index contributed by atoms with van der Waals surface area (Å²) in [6, 6.07) is 41.6. The Hall–Kier alpha value is -4.82. The quantitative estimate of drug-likeness (QED) is 0.150. The third-order valence-electron chi connectivity index (χ3n) is 11.1. The van der Waals surface area contributed by atoms with Gasteiger partial charge in [0.05, 0.1) is 11.0 Å². The van der Waals surface area contributed by atoms with Crippen LogP contribution < -0.4 is 0 Å². The fourth-order valence-corrected chi connectivity index (χ4v) is 8.82. The van der Waals surface area contributed by atoms with E-state index in [1.165, 1.54) is 114 Å². The van der Waals surface area contributed by atoms with Gasteiger partial charge in [0.1, 0.15) is 0 Å². The molecule has 0 saturated heterocycles. The molecule has 2 heterocycles. The van der Waals surface area contributed by atoms with Gasteiger partial charge in [-0.05, 0) is 121 Å². The van der Waals surface area contributed by atoms with Crippen LogP contribution >= 0.6 is 0 Å². The molecule has 0 atom stereocenters. The van der Waals surface area contributed by atoms with Crippen molar-refractivity contribution in [2.24, 2.45) is 0 Å². The number of aryl methyl sites for hydroxylation is 2. The molecule has 2 heteroatoms. The molecule has 0 aliphatic carbocycles. The molecule has 0 amide bonds. The smallest absolute Gasteiger partial charge is 0.0547 e. The first-order valence-electron chi connectivity index (χ1n) is 19.1. The predicted octanol–water partition coefficient (Wildman–Crippen LogP) is 14.2. The number of fused-ring (bicyclic) bond motifs is 8. The Kier molecular flexibility index (Phi) is 8.13. The van der Waals surface area contributed by atoms with Crippen molar-refractivity contribution in [1.29, 1.82) is 0 Å². The van der Waals surface area contributed by atoms with Gasteiger partial charge in [0.15, 0.2) is 0 Å². The highest BCUT2D eigenvalue weighted by Gasteiger charge is 2.25. The lowest BCUT2D eigenvalue weighted by molar-refractivity contribution is 0.423. The Balaban J connectivity index is 1.43. The fraction of sp³-hybridized carbons (Fsp3) is 0.306. The van der Waals surface area contributed by atoms with E-state index in [0.717, 1.165) is 6.42 Å². The topological polar surface area (TPSA) is 9.86 Å². The van der Waals surface area contributed by atoms with Crippen molar-refractivity contribution in [3.05, 3.63) is 126 Å². The second-order valence-electron chi connectivity index (χ2n) is 16.8. The average molecular weight is 669 g/mol. The summed E-state index contributed by atoms with van der Waals surface area (Å²) < 4.78 is 5.08. The third-order valence-corrected chi connectivity index (χ3v) is 11.1. The number of rotatable bonds is 7. The van der Waals surface area contributed by atoms with E-state index in [-0.39, 0.29) is 11.0 Å². The van der Waals surface area contributed by atoms with Crippen molar-refractivity contribution in [1.82, 2.24) is 9.13 Å². The highest BCUT2D eigenvalue weighted by atomic mass is 15.0. The van der Waals surface area contributed by atoms with Crippen LogP contribution in [-0.2, 0) is 17.4 Å². The summed E-state index contributed by atoms with van der Waals surface area (Å²) in [7, 11) is 0. The zero-order valence-corrected chi connectivity index (χ0v) is 31.8. The fourth-order valence-electron chi connectivity index (χ4n) is 8.82. The lowest BCUT2D eigenvalue weighted by Crippen LogP contribution is -2.21. The highest BCUT2D eigenvalue weighted by molar-refractivity contribution is 6.25. The summed E-state index contributed by atoms with van der Waals surface area (Å²) in [6.45, 7) is 18.6. The van der Waals surface area contributed by atoms with Crippen LogP contribution in [0.1, 0.15) is 90.8 Å². The largest absolute Gasteiger partial charge is 0.335 e. The predicted molar refractivity (Wildman–Crippen MR) is 223 cm³/mol. The molecule has 0 aliphatic rings. The SMILES string of the molecule is CCCCCCc1cc(-n2c3cccc(-c4ccc5c(c4)c4ccccc4n5C(C)(C)C)c3c3c4ccccc4ccc32)c(C)cc1C(C)(C)C. The lowest BCUT2D eigenvalue weighted by Gasteiger charge is -2.26. The Morgan fingerprint density at radius 1 is 0.569 bits per heavy atom. The number of benzene rings is 6. The van der Waals surface area contributed by atoms with Crippen LogP contribution in [0.4, 0.5) is 0 Å². The molecule has 6 aromatic carbocycles. The van der Waals surface area contributed by atoms with Crippen LogP contribution in [-0.4, -0.2) is 9.13 Å². The van der Waals surface area contributed by atoms with Gasteiger partial charge in [-0.25, -0.2) is 0 Å². The standard InChI is InChI=1S/C49H52N2/c1-9-10-11-12-19-35-31-45(32(2)29-40(35)48(3,4)5)50-43-24-17-22-37(47(43)46-36-20-14-13-18-33(36)25-28-44(46)50)34-26-27-42-39(30-34)38-21-15-16-23-41(38)51(42)49(6,7)8/h13-18,20-31H,9-12,19H2,1-8H3. The number of hydrogen-bond donors (Lipinski definition) is 0. The summed E-state index contributed by atoms with van der Waals surface area (Å²) in [4.78, 5) is 0. The van der Waals surface area contributed by atoms with Gasteiger partial charge in [0.25, 0.3) is 0 Å². The normalized spacial score (nSPS) is 12.7. The maximum absolute atomic E-state index is 2.57. The minimum absolute atomic E-state index is 0.0372. The molecule has 0 saturated carbocycles.